The monoisotopic (exact) mass is 462 g/mol. The number of amides is 1. The number of thioether (sulfide) groups is 1. The Morgan fingerprint density at radius 2 is 2.07 bits per heavy atom. The van der Waals surface area contributed by atoms with Gasteiger partial charge in [-0.1, -0.05) is 42.0 Å². The Morgan fingerprint density at radius 3 is 2.80 bits per heavy atom. The average Bonchev–Trinajstić information content (AvgIpc) is 2.92. The Balaban J connectivity index is 1.63. The minimum Gasteiger partial charge on any atom is -0.497 e. The Bertz CT molecular complexity index is 1180. The van der Waals surface area contributed by atoms with Gasteiger partial charge in [0.15, 0.2) is 14.8 Å². The van der Waals surface area contributed by atoms with Crippen molar-refractivity contribution in [1.29, 1.82) is 0 Å². The van der Waals surface area contributed by atoms with Crippen LogP contribution in [0, 0.1) is 3.95 Å². The van der Waals surface area contributed by atoms with Crippen molar-refractivity contribution in [3.05, 3.63) is 38.6 Å². The second-order valence-electron chi connectivity index (χ2n) is 7.01. The topological polar surface area (TPSA) is 80.2 Å². The maximum atomic E-state index is 12.6. The van der Waals surface area contributed by atoms with Crippen molar-refractivity contribution < 1.29 is 9.53 Å². The molecule has 10 heteroatoms. The first kappa shape index (κ1) is 21.1. The largest absolute Gasteiger partial charge is 0.497 e. The lowest BCUT2D eigenvalue weighted by Gasteiger charge is -2.19. The summed E-state index contributed by atoms with van der Waals surface area (Å²) in [6.07, 6.45) is 4.45. The number of nitrogens with zero attached hydrogens (tertiary/aromatic N) is 3. The summed E-state index contributed by atoms with van der Waals surface area (Å²) in [4.78, 5) is 34.6. The van der Waals surface area contributed by atoms with Crippen LogP contribution in [0.1, 0.15) is 25.7 Å². The summed E-state index contributed by atoms with van der Waals surface area (Å²) >= 11 is 7.97. The fourth-order valence-electron chi connectivity index (χ4n) is 3.48. The van der Waals surface area contributed by atoms with E-state index in [9.17, 15) is 9.59 Å². The number of hydrogen-bond donors (Lipinski definition) is 1. The Labute approximate surface area is 187 Å². The maximum absolute atomic E-state index is 12.6. The minimum absolute atomic E-state index is 0.0830. The summed E-state index contributed by atoms with van der Waals surface area (Å²) in [5, 5.41) is 0.417. The van der Waals surface area contributed by atoms with Gasteiger partial charge in [0.25, 0.3) is 5.56 Å². The van der Waals surface area contributed by atoms with Crippen LogP contribution in [0.2, 0.25) is 0 Å². The van der Waals surface area contributed by atoms with Gasteiger partial charge in [0.2, 0.25) is 5.91 Å². The van der Waals surface area contributed by atoms with Crippen LogP contribution in [0.15, 0.2) is 34.2 Å². The molecule has 1 N–H and O–H groups in total. The molecule has 0 spiro atoms. The van der Waals surface area contributed by atoms with Crippen LogP contribution in [0.5, 0.6) is 5.75 Å². The third-order valence-electron chi connectivity index (χ3n) is 5.02. The summed E-state index contributed by atoms with van der Waals surface area (Å²) in [6, 6.07) is 7.45. The van der Waals surface area contributed by atoms with Crippen molar-refractivity contribution in [3.8, 4) is 11.4 Å². The summed E-state index contributed by atoms with van der Waals surface area (Å²) < 4.78 is 8.07. The number of carbonyl (C=O) groups excluding carboxylic acids is 1. The van der Waals surface area contributed by atoms with Crippen LogP contribution in [0.3, 0.4) is 0 Å². The highest BCUT2D eigenvalue weighted by atomic mass is 32.2. The first-order valence-corrected chi connectivity index (χ1v) is 12.0. The number of aromatic amines is 1. The number of aromatic nitrogens is 3. The van der Waals surface area contributed by atoms with E-state index in [0.717, 1.165) is 31.6 Å². The van der Waals surface area contributed by atoms with E-state index in [1.165, 1.54) is 35.9 Å². The predicted molar refractivity (Wildman–Crippen MR) is 123 cm³/mol. The lowest BCUT2D eigenvalue weighted by atomic mass is 10.2. The van der Waals surface area contributed by atoms with Gasteiger partial charge >= 0.3 is 0 Å². The highest BCUT2D eigenvalue weighted by molar-refractivity contribution is 7.99. The molecule has 1 fully saturated rings. The molecule has 0 atom stereocenters. The third-order valence-corrected chi connectivity index (χ3v) is 7.24. The lowest BCUT2D eigenvalue weighted by Crippen LogP contribution is -2.33. The van der Waals surface area contributed by atoms with Gasteiger partial charge in [0.1, 0.15) is 10.4 Å². The molecule has 0 saturated carbocycles. The average molecular weight is 463 g/mol. The molecule has 7 nitrogen and oxygen atoms in total. The van der Waals surface area contributed by atoms with Gasteiger partial charge in [-0.15, -0.1) is 0 Å². The van der Waals surface area contributed by atoms with Crippen molar-refractivity contribution in [1.82, 2.24) is 19.4 Å². The molecule has 2 aromatic heterocycles. The number of thiazole rings is 1. The third kappa shape index (κ3) is 4.45. The van der Waals surface area contributed by atoms with Gasteiger partial charge in [-0.2, -0.15) is 0 Å². The second-order valence-corrected chi connectivity index (χ2v) is 9.62. The van der Waals surface area contributed by atoms with Crippen LogP contribution in [-0.4, -0.2) is 51.3 Å². The van der Waals surface area contributed by atoms with E-state index >= 15 is 0 Å². The van der Waals surface area contributed by atoms with Gasteiger partial charge in [0, 0.05) is 19.2 Å². The zero-order valence-corrected chi connectivity index (χ0v) is 19.0. The summed E-state index contributed by atoms with van der Waals surface area (Å²) in [6.45, 7) is 1.62. The lowest BCUT2D eigenvalue weighted by molar-refractivity contribution is -0.128. The molecule has 0 unspecified atom stereocenters. The smallest absolute Gasteiger partial charge is 0.271 e. The predicted octanol–water partition coefficient (Wildman–Crippen LogP) is 4.01. The number of hydrogen-bond acceptors (Lipinski definition) is 7. The number of rotatable bonds is 5. The van der Waals surface area contributed by atoms with Gasteiger partial charge in [-0.3, -0.25) is 14.2 Å². The summed E-state index contributed by atoms with van der Waals surface area (Å²) in [7, 11) is 1.60. The fourth-order valence-corrected chi connectivity index (χ4v) is 5.51. The van der Waals surface area contributed by atoms with Gasteiger partial charge in [-0.25, -0.2) is 4.98 Å². The maximum Gasteiger partial charge on any atom is 0.271 e. The zero-order chi connectivity index (χ0) is 21.1. The number of nitrogens with one attached hydrogen (secondary N) is 1. The van der Waals surface area contributed by atoms with Crippen LogP contribution in [0.4, 0.5) is 0 Å². The fraction of sp³-hybridized carbons (Fsp3) is 0.400. The van der Waals surface area contributed by atoms with Crippen molar-refractivity contribution in [2.24, 2.45) is 0 Å². The molecule has 158 valence electrons. The number of ether oxygens (including phenoxy) is 1. The Morgan fingerprint density at radius 1 is 1.30 bits per heavy atom. The molecular formula is C20H22N4O3S3. The molecule has 1 aliphatic heterocycles. The highest BCUT2D eigenvalue weighted by Crippen LogP contribution is 2.26. The molecule has 0 radical (unpaired) electrons. The SMILES string of the molecule is COc1cccc(-n2c(=S)sc3c(=O)[nH]c(SCC(=O)N4CCCCCC4)nc32)c1. The minimum atomic E-state index is -0.248. The van der Waals surface area contributed by atoms with Crippen LogP contribution in [-0.2, 0) is 4.79 Å². The van der Waals surface area contributed by atoms with Crippen molar-refractivity contribution in [2.45, 2.75) is 30.8 Å². The molecule has 3 heterocycles. The zero-order valence-electron chi connectivity index (χ0n) is 16.6. The number of fused-ring (bicyclic) bond motifs is 1. The molecule has 0 aliphatic carbocycles. The molecular weight excluding hydrogens is 440 g/mol. The number of benzene rings is 1. The first-order chi connectivity index (χ1) is 14.6. The molecule has 1 saturated heterocycles. The number of H-pyrrole nitrogens is 1. The van der Waals surface area contributed by atoms with E-state index in [-0.39, 0.29) is 17.2 Å². The van der Waals surface area contributed by atoms with E-state index in [2.05, 4.69) is 9.97 Å². The van der Waals surface area contributed by atoms with Gasteiger partial charge in [-0.05, 0) is 37.2 Å². The first-order valence-electron chi connectivity index (χ1n) is 9.77. The van der Waals surface area contributed by atoms with E-state index < -0.39 is 0 Å². The molecule has 0 bridgehead atoms. The Kier molecular flexibility index (Phi) is 6.55. The van der Waals surface area contributed by atoms with Crippen molar-refractivity contribution in [2.75, 3.05) is 26.0 Å². The van der Waals surface area contributed by atoms with Crippen molar-refractivity contribution >= 4 is 51.6 Å². The molecule has 1 aliphatic rings. The number of methoxy groups -OCH3 is 1. The van der Waals surface area contributed by atoms with Crippen LogP contribution >= 0.6 is 35.3 Å². The normalized spacial score (nSPS) is 14.6. The van der Waals surface area contributed by atoms with E-state index in [0.29, 0.717) is 25.2 Å². The Hall–Kier alpha value is -2.17. The highest BCUT2D eigenvalue weighted by Gasteiger charge is 2.18. The standard InChI is InChI=1S/C20H22N4O3S3/c1-27-14-8-6-7-13(11-14)24-17-16(30-20(24)28)18(26)22-19(21-17)29-12-15(25)23-9-4-2-3-5-10-23/h6-8,11H,2-5,9-10,12H2,1H3,(H,21,22,26). The van der Waals surface area contributed by atoms with E-state index in [1.54, 1.807) is 11.7 Å². The molecule has 1 aromatic carbocycles. The summed E-state index contributed by atoms with van der Waals surface area (Å²) in [5.74, 6) is 1.02. The quantitative estimate of drug-likeness (QED) is 0.351. The van der Waals surface area contributed by atoms with E-state index in [1.807, 2.05) is 29.2 Å². The second kappa shape index (κ2) is 9.32. The number of carbonyl (C=O) groups is 1. The number of likely N-dealkylation sites (tertiary alicyclic amines) is 1. The van der Waals surface area contributed by atoms with Gasteiger partial charge in [0.05, 0.1) is 18.6 Å². The van der Waals surface area contributed by atoms with E-state index in [4.69, 9.17) is 17.0 Å². The van der Waals surface area contributed by atoms with Crippen LogP contribution in [0.25, 0.3) is 16.0 Å². The molecule has 3 aromatic rings. The van der Waals surface area contributed by atoms with Crippen LogP contribution < -0.4 is 10.3 Å². The van der Waals surface area contributed by atoms with Crippen molar-refractivity contribution in [3.63, 3.8) is 0 Å². The molecule has 1 amide bonds. The molecule has 30 heavy (non-hydrogen) atoms. The molecule has 4 rings (SSSR count). The van der Waals surface area contributed by atoms with Gasteiger partial charge < -0.3 is 14.6 Å². The summed E-state index contributed by atoms with van der Waals surface area (Å²) in [5.41, 5.74) is 1.02.